The van der Waals surface area contributed by atoms with Crippen molar-refractivity contribution in [3.8, 4) is 50.6 Å². The second-order valence-electron chi connectivity index (χ2n) is 15.0. The average Bonchev–Trinajstić information content (AvgIpc) is 3.84. The van der Waals surface area contributed by atoms with Gasteiger partial charge in [0.15, 0.2) is 0 Å². The standard InChI is InChI=1S/C54H33N3O/c1-2-10-34(11-3-1)35-22-24-38(25-23-35)53-44-13-4-7-15-47(44)55-54(56-53)57-48-16-8-5-14-45(48)52-42-29-26-39(32-41(42)27-30-49(52)57)36-18-20-37(21-19-36)40-28-31-51-46(33-40)43-12-6-9-17-50(43)58-51/h1-33H. The lowest BCUT2D eigenvalue weighted by Crippen LogP contribution is -2.03. The minimum atomic E-state index is 0.656. The van der Waals surface area contributed by atoms with Gasteiger partial charge >= 0.3 is 0 Å². The molecule has 12 rings (SSSR count). The predicted octanol–water partition coefficient (Wildman–Crippen LogP) is 14.4. The third kappa shape index (κ3) is 5.16. The number of furan rings is 1. The van der Waals surface area contributed by atoms with Crippen LogP contribution < -0.4 is 0 Å². The van der Waals surface area contributed by atoms with E-state index < -0.39 is 0 Å². The molecule has 0 amide bonds. The number of fused-ring (bicyclic) bond motifs is 9. The maximum absolute atomic E-state index is 6.07. The van der Waals surface area contributed by atoms with Crippen LogP contribution in [-0.2, 0) is 0 Å². The summed E-state index contributed by atoms with van der Waals surface area (Å²) in [4.78, 5) is 10.6. The number of rotatable bonds is 5. The highest BCUT2D eigenvalue weighted by atomic mass is 16.3. The van der Waals surface area contributed by atoms with Crippen molar-refractivity contribution >= 4 is 65.4 Å². The summed E-state index contributed by atoms with van der Waals surface area (Å²) in [7, 11) is 0. The van der Waals surface area contributed by atoms with Crippen LogP contribution in [0.25, 0.3) is 116 Å². The van der Waals surface area contributed by atoms with Gasteiger partial charge in [0.1, 0.15) is 11.2 Å². The van der Waals surface area contributed by atoms with E-state index in [1.54, 1.807) is 0 Å². The first-order valence-corrected chi connectivity index (χ1v) is 19.6. The molecule has 3 heterocycles. The predicted molar refractivity (Wildman–Crippen MR) is 240 cm³/mol. The molecule has 0 spiro atoms. The van der Waals surface area contributed by atoms with Gasteiger partial charge < -0.3 is 4.42 Å². The zero-order valence-electron chi connectivity index (χ0n) is 31.3. The molecule has 0 aliphatic carbocycles. The lowest BCUT2D eigenvalue weighted by atomic mass is 9.96. The largest absolute Gasteiger partial charge is 0.456 e. The van der Waals surface area contributed by atoms with E-state index >= 15 is 0 Å². The molecular weight excluding hydrogens is 707 g/mol. The normalized spacial score (nSPS) is 11.8. The second kappa shape index (κ2) is 12.9. The molecule has 0 N–H and O–H groups in total. The first kappa shape index (κ1) is 32.4. The van der Waals surface area contributed by atoms with Crippen LogP contribution in [0.5, 0.6) is 0 Å². The highest BCUT2D eigenvalue weighted by Crippen LogP contribution is 2.39. The fraction of sp³-hybridized carbons (Fsp3) is 0. The number of hydrogen-bond acceptors (Lipinski definition) is 3. The van der Waals surface area contributed by atoms with E-state index in [2.05, 4.69) is 180 Å². The summed E-state index contributed by atoms with van der Waals surface area (Å²) in [6.07, 6.45) is 0. The summed E-state index contributed by atoms with van der Waals surface area (Å²) in [6.45, 7) is 0. The molecule has 0 atom stereocenters. The summed E-state index contributed by atoms with van der Waals surface area (Å²) in [5.74, 6) is 0.656. The maximum Gasteiger partial charge on any atom is 0.235 e. The van der Waals surface area contributed by atoms with Crippen molar-refractivity contribution < 1.29 is 4.42 Å². The molecule has 0 bridgehead atoms. The van der Waals surface area contributed by atoms with Gasteiger partial charge in [0, 0.05) is 32.5 Å². The summed E-state index contributed by atoms with van der Waals surface area (Å²) < 4.78 is 8.30. The summed E-state index contributed by atoms with van der Waals surface area (Å²) in [5, 5.41) is 8.07. The smallest absolute Gasteiger partial charge is 0.235 e. The Balaban J connectivity index is 0.949. The van der Waals surface area contributed by atoms with E-state index in [4.69, 9.17) is 14.4 Å². The fourth-order valence-corrected chi connectivity index (χ4v) is 8.79. The van der Waals surface area contributed by atoms with Gasteiger partial charge in [0.2, 0.25) is 5.95 Å². The number of nitrogens with zero attached hydrogens (tertiary/aromatic N) is 3. The Morgan fingerprint density at radius 2 is 0.931 bits per heavy atom. The highest BCUT2D eigenvalue weighted by Gasteiger charge is 2.19. The van der Waals surface area contributed by atoms with Crippen molar-refractivity contribution in [2.75, 3.05) is 0 Å². The van der Waals surface area contributed by atoms with E-state index in [-0.39, 0.29) is 0 Å². The van der Waals surface area contributed by atoms with E-state index in [1.807, 2.05) is 24.3 Å². The topological polar surface area (TPSA) is 43.9 Å². The minimum Gasteiger partial charge on any atom is -0.456 e. The molecule has 0 saturated carbocycles. The van der Waals surface area contributed by atoms with Crippen molar-refractivity contribution in [2.24, 2.45) is 0 Å². The van der Waals surface area contributed by atoms with Gasteiger partial charge in [-0.1, -0.05) is 158 Å². The van der Waals surface area contributed by atoms with Crippen molar-refractivity contribution in [3.63, 3.8) is 0 Å². The lowest BCUT2D eigenvalue weighted by molar-refractivity contribution is 0.669. The average molecular weight is 740 g/mol. The molecule has 3 aromatic heterocycles. The summed E-state index contributed by atoms with van der Waals surface area (Å²) >= 11 is 0. The molecule has 0 aliphatic heterocycles. The Labute approximate surface area is 333 Å². The first-order chi connectivity index (χ1) is 28.7. The van der Waals surface area contributed by atoms with Gasteiger partial charge in [-0.2, -0.15) is 0 Å². The maximum atomic E-state index is 6.07. The van der Waals surface area contributed by atoms with E-state index in [1.165, 1.54) is 54.9 Å². The Morgan fingerprint density at radius 3 is 1.74 bits per heavy atom. The summed E-state index contributed by atoms with van der Waals surface area (Å²) in [6, 6.07) is 71.0. The van der Waals surface area contributed by atoms with Crippen LogP contribution in [0.4, 0.5) is 0 Å². The second-order valence-corrected chi connectivity index (χ2v) is 15.0. The van der Waals surface area contributed by atoms with Gasteiger partial charge in [0.25, 0.3) is 0 Å². The molecule has 0 fully saturated rings. The molecule has 4 nitrogen and oxygen atoms in total. The molecule has 9 aromatic carbocycles. The summed E-state index contributed by atoms with van der Waals surface area (Å²) in [5.41, 5.74) is 13.9. The molecular formula is C54H33N3O. The number of aromatic nitrogens is 3. The third-order valence-electron chi connectivity index (χ3n) is 11.6. The number of hydrogen-bond donors (Lipinski definition) is 0. The Kier molecular flexibility index (Phi) is 7.20. The number of benzene rings is 9. The minimum absolute atomic E-state index is 0.656. The molecule has 58 heavy (non-hydrogen) atoms. The van der Waals surface area contributed by atoms with Crippen LogP contribution in [-0.4, -0.2) is 14.5 Å². The molecule has 12 aromatic rings. The van der Waals surface area contributed by atoms with E-state index in [0.717, 1.165) is 55.1 Å². The van der Waals surface area contributed by atoms with Crippen molar-refractivity contribution in [3.05, 3.63) is 200 Å². The fourth-order valence-electron chi connectivity index (χ4n) is 8.79. The van der Waals surface area contributed by atoms with Gasteiger partial charge in [-0.05, 0) is 86.6 Å². The van der Waals surface area contributed by atoms with Gasteiger partial charge in [-0.15, -0.1) is 0 Å². The van der Waals surface area contributed by atoms with Crippen molar-refractivity contribution in [1.82, 2.24) is 14.5 Å². The monoisotopic (exact) mass is 739 g/mol. The van der Waals surface area contributed by atoms with E-state index in [9.17, 15) is 0 Å². The molecule has 0 unspecified atom stereocenters. The first-order valence-electron chi connectivity index (χ1n) is 19.6. The Morgan fingerprint density at radius 1 is 0.345 bits per heavy atom. The molecule has 0 radical (unpaired) electrons. The number of para-hydroxylation sites is 3. The lowest BCUT2D eigenvalue weighted by Gasteiger charge is -2.12. The third-order valence-corrected chi connectivity index (χ3v) is 11.6. The quantitative estimate of drug-likeness (QED) is 0.177. The zero-order chi connectivity index (χ0) is 38.2. The van der Waals surface area contributed by atoms with Gasteiger partial charge in [0.05, 0.1) is 22.2 Å². The molecule has 4 heteroatoms. The van der Waals surface area contributed by atoms with Crippen LogP contribution in [0.15, 0.2) is 205 Å². The van der Waals surface area contributed by atoms with Crippen molar-refractivity contribution in [2.45, 2.75) is 0 Å². The van der Waals surface area contributed by atoms with Gasteiger partial charge in [-0.25, -0.2) is 9.97 Å². The SMILES string of the molecule is c1ccc(-c2ccc(-c3nc(-n4c5ccccc5c5c6ccc(-c7ccc(-c8ccc9oc%10ccccc%10c9c8)cc7)cc6ccc54)nc4ccccc34)cc2)cc1. The Hall–Kier alpha value is -7.82. The van der Waals surface area contributed by atoms with Crippen LogP contribution in [0.1, 0.15) is 0 Å². The zero-order valence-corrected chi connectivity index (χ0v) is 31.3. The molecule has 270 valence electrons. The highest BCUT2D eigenvalue weighted by molar-refractivity contribution is 6.21. The van der Waals surface area contributed by atoms with Crippen molar-refractivity contribution in [1.29, 1.82) is 0 Å². The molecule has 0 saturated heterocycles. The van der Waals surface area contributed by atoms with Gasteiger partial charge in [-0.3, -0.25) is 4.57 Å². The van der Waals surface area contributed by atoms with Crippen LogP contribution in [0.3, 0.4) is 0 Å². The van der Waals surface area contributed by atoms with Crippen LogP contribution in [0.2, 0.25) is 0 Å². The molecule has 0 aliphatic rings. The van der Waals surface area contributed by atoms with Crippen LogP contribution >= 0.6 is 0 Å². The Bertz CT molecular complexity index is 3540. The van der Waals surface area contributed by atoms with Crippen LogP contribution in [0, 0.1) is 0 Å². The van der Waals surface area contributed by atoms with E-state index in [0.29, 0.717) is 5.95 Å².